The Balaban J connectivity index is 2.91. The highest BCUT2D eigenvalue weighted by atomic mass is 32.1. The number of carbonyl (C=O) groups excluding carboxylic acids is 1. The highest BCUT2D eigenvalue weighted by molar-refractivity contribution is 7.09. The maximum absolute atomic E-state index is 11.2. The Labute approximate surface area is 114 Å². The average Bonchev–Trinajstić information content (AvgIpc) is 2.79. The van der Waals surface area contributed by atoms with Crippen LogP contribution < -0.4 is 0 Å². The molecule has 0 aliphatic heterocycles. The second-order valence-electron chi connectivity index (χ2n) is 3.44. The zero-order valence-corrected chi connectivity index (χ0v) is 11.1. The zero-order valence-electron chi connectivity index (χ0n) is 10.3. The van der Waals surface area contributed by atoms with Crippen LogP contribution in [0.3, 0.4) is 0 Å². The van der Waals surface area contributed by atoms with Gasteiger partial charge in [-0.2, -0.15) is 0 Å². The lowest BCUT2D eigenvalue weighted by Gasteiger charge is -2.10. The molecule has 0 saturated heterocycles. The van der Waals surface area contributed by atoms with Gasteiger partial charge in [0, 0.05) is 5.38 Å². The Kier molecular flexibility index (Phi) is 5.49. The molecule has 1 N–H and O–H groups in total. The fourth-order valence-corrected chi connectivity index (χ4v) is 1.74. The van der Waals surface area contributed by atoms with E-state index in [0.717, 1.165) is 0 Å². The van der Waals surface area contributed by atoms with Crippen molar-refractivity contribution in [2.24, 2.45) is 5.16 Å². The van der Waals surface area contributed by atoms with E-state index in [1.807, 2.05) is 0 Å². The van der Waals surface area contributed by atoms with Crippen molar-refractivity contribution in [3.05, 3.63) is 16.1 Å². The van der Waals surface area contributed by atoms with Gasteiger partial charge < -0.3 is 14.6 Å². The van der Waals surface area contributed by atoms with E-state index < -0.39 is 18.0 Å². The van der Waals surface area contributed by atoms with Crippen LogP contribution in [-0.2, 0) is 19.1 Å². The quantitative estimate of drug-likeness (QED) is 0.467. The molecule has 0 spiro atoms. The molecule has 1 rings (SSSR count). The van der Waals surface area contributed by atoms with E-state index in [0.29, 0.717) is 5.01 Å². The second-order valence-corrected chi connectivity index (χ2v) is 4.50. The van der Waals surface area contributed by atoms with Gasteiger partial charge in [0.1, 0.15) is 5.69 Å². The second kappa shape index (κ2) is 6.88. The smallest absolute Gasteiger partial charge is 0.378 e. The Morgan fingerprint density at radius 2 is 2.32 bits per heavy atom. The minimum absolute atomic E-state index is 0.172. The van der Waals surface area contributed by atoms with Crippen molar-refractivity contribution in [1.29, 1.82) is 0 Å². The van der Waals surface area contributed by atoms with E-state index in [2.05, 4.69) is 14.8 Å². The van der Waals surface area contributed by atoms with E-state index in [9.17, 15) is 9.59 Å². The van der Waals surface area contributed by atoms with Crippen LogP contribution in [-0.4, -0.2) is 41.9 Å². The lowest BCUT2D eigenvalue weighted by Crippen LogP contribution is -2.25. The summed E-state index contributed by atoms with van der Waals surface area (Å²) < 4.78 is 4.01. The number of aromatic nitrogens is 1. The summed E-state index contributed by atoms with van der Waals surface area (Å²) in [6, 6.07) is 0. The summed E-state index contributed by atoms with van der Waals surface area (Å²) in [4.78, 5) is 31.1. The maximum atomic E-state index is 11.2. The Bertz CT molecular complexity index is 502. The number of carboxylic acids is 1. The summed E-state index contributed by atoms with van der Waals surface area (Å²) >= 11 is 1.28. The van der Waals surface area contributed by atoms with Crippen LogP contribution in [0.2, 0.25) is 0 Å². The average molecular weight is 282 g/mol. The molecular weight excluding hydrogens is 271 g/mol. The normalized spacial score (nSPS) is 12.8. The highest BCUT2D eigenvalue weighted by Gasteiger charge is 2.21. The Morgan fingerprint density at radius 1 is 1.63 bits per heavy atom. The van der Waals surface area contributed by atoms with Crippen LogP contribution in [0.4, 0.5) is 0 Å². The SMILES string of the molecule is [B]OC(=O)[C@@H](CC)O/N=C(\C(=O)O)c1csc(C)n1. The number of aliphatic carboxylic acids is 1. The number of oxime groups is 1. The first-order valence-corrected chi connectivity index (χ1v) is 6.17. The largest absolute Gasteiger partial charge is 0.541 e. The standard InChI is InChI=1S/C10H11BN2O5S/c1-3-7(10(16)17-11)18-13-8(9(14)15)6-4-19-5(2)12-6/h4,7H,3H2,1-2H3,(H,14,15)/b13-8-/t7-/m1/s1. The molecule has 19 heavy (non-hydrogen) atoms. The van der Waals surface area contributed by atoms with Crippen molar-refractivity contribution in [2.45, 2.75) is 26.4 Å². The van der Waals surface area contributed by atoms with E-state index in [-0.39, 0.29) is 17.8 Å². The third-order valence-electron chi connectivity index (χ3n) is 2.09. The first-order chi connectivity index (χ1) is 8.99. The lowest BCUT2D eigenvalue weighted by atomic mass is 10.3. The van der Waals surface area contributed by atoms with Gasteiger partial charge in [-0.3, -0.25) is 0 Å². The molecule has 0 aromatic carbocycles. The number of thiazole rings is 1. The van der Waals surface area contributed by atoms with Crippen LogP contribution in [0, 0.1) is 6.92 Å². The topological polar surface area (TPSA) is 98.1 Å². The van der Waals surface area contributed by atoms with Crippen LogP contribution in [0.25, 0.3) is 0 Å². The van der Waals surface area contributed by atoms with Crippen molar-refractivity contribution in [1.82, 2.24) is 4.98 Å². The molecule has 7 nitrogen and oxygen atoms in total. The summed E-state index contributed by atoms with van der Waals surface area (Å²) in [7, 11) is 4.72. The first kappa shape index (κ1) is 15.2. The van der Waals surface area contributed by atoms with Gasteiger partial charge in [0.25, 0.3) is 0 Å². The number of nitrogens with zero attached hydrogens (tertiary/aromatic N) is 2. The van der Waals surface area contributed by atoms with Crippen molar-refractivity contribution in [3.63, 3.8) is 0 Å². The molecule has 0 saturated carbocycles. The number of carbonyl (C=O) groups is 2. The van der Waals surface area contributed by atoms with E-state index in [1.54, 1.807) is 13.8 Å². The van der Waals surface area contributed by atoms with Crippen molar-refractivity contribution >= 4 is 37.0 Å². The van der Waals surface area contributed by atoms with E-state index in [4.69, 9.17) is 18.0 Å². The molecule has 0 aliphatic carbocycles. The number of carboxylic acid groups (broad SMARTS) is 1. The number of aryl methyl sites for hydroxylation is 1. The molecule has 9 heteroatoms. The van der Waals surface area contributed by atoms with Gasteiger partial charge in [-0.15, -0.1) is 11.3 Å². The number of hydrogen-bond acceptors (Lipinski definition) is 7. The van der Waals surface area contributed by atoms with Gasteiger partial charge in [-0.25, -0.2) is 14.6 Å². The Morgan fingerprint density at radius 3 is 2.74 bits per heavy atom. The molecule has 0 bridgehead atoms. The maximum Gasteiger partial charge on any atom is 0.378 e. The molecule has 1 heterocycles. The molecule has 1 atom stereocenters. The van der Waals surface area contributed by atoms with Gasteiger partial charge in [-0.1, -0.05) is 12.1 Å². The lowest BCUT2D eigenvalue weighted by molar-refractivity contribution is -0.147. The molecule has 1 aromatic rings. The Hall–Kier alpha value is -1.90. The zero-order chi connectivity index (χ0) is 14.4. The van der Waals surface area contributed by atoms with Crippen molar-refractivity contribution in [2.75, 3.05) is 0 Å². The summed E-state index contributed by atoms with van der Waals surface area (Å²) in [5.74, 6) is -2.13. The van der Waals surface area contributed by atoms with E-state index >= 15 is 0 Å². The molecule has 0 unspecified atom stereocenters. The third-order valence-corrected chi connectivity index (χ3v) is 2.86. The van der Waals surface area contributed by atoms with Crippen LogP contribution in [0.5, 0.6) is 0 Å². The molecule has 0 aliphatic rings. The fraction of sp³-hybridized carbons (Fsp3) is 0.400. The number of hydrogen-bond donors (Lipinski definition) is 1. The van der Waals surface area contributed by atoms with Crippen LogP contribution in [0.1, 0.15) is 24.0 Å². The minimum Gasteiger partial charge on any atom is -0.541 e. The molecule has 1 aromatic heterocycles. The third kappa shape index (κ3) is 4.06. The van der Waals surface area contributed by atoms with Gasteiger partial charge in [0.05, 0.1) is 5.01 Å². The highest BCUT2D eigenvalue weighted by Crippen LogP contribution is 2.10. The van der Waals surface area contributed by atoms with Gasteiger partial charge in [0.15, 0.2) is 0 Å². The van der Waals surface area contributed by atoms with E-state index in [1.165, 1.54) is 16.7 Å². The monoisotopic (exact) mass is 282 g/mol. The van der Waals surface area contributed by atoms with Crippen LogP contribution >= 0.6 is 11.3 Å². The van der Waals surface area contributed by atoms with Crippen molar-refractivity contribution < 1.29 is 24.2 Å². The molecule has 0 amide bonds. The predicted octanol–water partition coefficient (Wildman–Crippen LogP) is 0.662. The summed E-state index contributed by atoms with van der Waals surface area (Å²) in [5, 5.41) is 14.7. The molecular formula is C10H11BN2O5S. The summed E-state index contributed by atoms with van der Waals surface area (Å²) in [6.45, 7) is 3.37. The molecule has 2 radical (unpaired) electrons. The van der Waals surface area contributed by atoms with Gasteiger partial charge in [0.2, 0.25) is 11.8 Å². The van der Waals surface area contributed by atoms with Gasteiger partial charge >= 0.3 is 20.0 Å². The predicted molar refractivity (Wildman–Crippen MR) is 68.0 cm³/mol. The fourth-order valence-electron chi connectivity index (χ4n) is 1.14. The van der Waals surface area contributed by atoms with Gasteiger partial charge in [-0.05, 0) is 13.3 Å². The summed E-state index contributed by atoms with van der Waals surface area (Å²) in [6.07, 6.45) is -0.818. The summed E-state index contributed by atoms with van der Waals surface area (Å²) in [5.41, 5.74) is -0.210. The number of rotatable bonds is 6. The minimum atomic E-state index is -1.30. The molecule has 100 valence electrons. The van der Waals surface area contributed by atoms with Crippen molar-refractivity contribution in [3.8, 4) is 0 Å². The first-order valence-electron chi connectivity index (χ1n) is 5.29. The van der Waals surface area contributed by atoms with Crippen LogP contribution in [0.15, 0.2) is 10.5 Å². The molecule has 0 fully saturated rings.